The highest BCUT2D eigenvalue weighted by Gasteiger charge is 2.40. The number of rotatable bonds is 13. The molecule has 0 spiro atoms. The summed E-state index contributed by atoms with van der Waals surface area (Å²) in [6, 6.07) is 9.15. The van der Waals surface area contributed by atoms with Gasteiger partial charge in [-0.1, -0.05) is 43.7 Å². The molecule has 228 valence electrons. The second kappa shape index (κ2) is 14.2. The van der Waals surface area contributed by atoms with Crippen LogP contribution in [-0.4, -0.2) is 105 Å². The molecule has 1 saturated heterocycles. The van der Waals surface area contributed by atoms with Crippen LogP contribution < -0.4 is 5.32 Å². The van der Waals surface area contributed by atoms with Crippen molar-refractivity contribution in [1.29, 1.82) is 0 Å². The van der Waals surface area contributed by atoms with E-state index < -0.39 is 37.8 Å². The van der Waals surface area contributed by atoms with Crippen LogP contribution in [0.2, 0.25) is 0 Å². The quantitative estimate of drug-likeness (QED) is 0.192. The highest BCUT2D eigenvalue weighted by atomic mass is 31.2. The number of hydrogen-bond donors (Lipinski definition) is 4. The standard InChI is InChI=1S/C27H36N5O9P/c1-2-3-13-40-42(38,39)17-23(26(35)31-9-11-32(12-10-31)41-27(36)37)30-25(34)22-15-21(20-14-19(20)16-33)28-24(29-22)18-7-5-4-6-8-18/h4-8,15,19-20,23,33H,2-3,9-14,16-17H2,1H3,(H,30,34)(H,36,37)(H,38,39)/t19-,20+,23+/m1/s1. The molecule has 15 heteroatoms. The number of hydroxylamine groups is 2. The zero-order valence-electron chi connectivity index (χ0n) is 23.3. The molecule has 4 N–H and O–H groups in total. The molecular weight excluding hydrogens is 569 g/mol. The predicted molar refractivity (Wildman–Crippen MR) is 149 cm³/mol. The smallest absolute Gasteiger partial charge is 0.448 e. The third-order valence-electron chi connectivity index (χ3n) is 7.11. The van der Waals surface area contributed by atoms with Crippen molar-refractivity contribution in [1.82, 2.24) is 25.2 Å². The first-order chi connectivity index (χ1) is 20.1. The molecule has 1 unspecified atom stereocenters. The lowest BCUT2D eigenvalue weighted by molar-refractivity contribution is -0.154. The fourth-order valence-electron chi connectivity index (χ4n) is 4.68. The molecule has 2 heterocycles. The molecule has 1 aliphatic heterocycles. The van der Waals surface area contributed by atoms with Crippen LogP contribution in [0.4, 0.5) is 4.79 Å². The van der Waals surface area contributed by atoms with Crippen molar-refractivity contribution in [3.05, 3.63) is 47.8 Å². The number of carbonyl (C=O) groups is 3. The molecular formula is C27H36N5O9P. The Kier molecular flexibility index (Phi) is 10.6. The van der Waals surface area contributed by atoms with E-state index in [2.05, 4.69) is 20.1 Å². The number of benzene rings is 1. The minimum atomic E-state index is -4.28. The molecule has 2 amide bonds. The van der Waals surface area contributed by atoms with E-state index >= 15 is 0 Å². The van der Waals surface area contributed by atoms with Gasteiger partial charge < -0.3 is 34.7 Å². The first-order valence-corrected chi connectivity index (χ1v) is 15.6. The third kappa shape index (κ3) is 8.55. The van der Waals surface area contributed by atoms with Crippen LogP contribution in [-0.2, 0) is 18.7 Å². The molecule has 2 aliphatic rings. The van der Waals surface area contributed by atoms with Crippen molar-refractivity contribution < 1.29 is 43.4 Å². The molecule has 1 aromatic heterocycles. The summed E-state index contributed by atoms with van der Waals surface area (Å²) < 4.78 is 18.1. The third-order valence-corrected chi connectivity index (χ3v) is 8.53. The molecule has 14 nitrogen and oxygen atoms in total. The summed E-state index contributed by atoms with van der Waals surface area (Å²) in [7, 11) is -4.28. The first-order valence-electron chi connectivity index (χ1n) is 13.9. The Bertz CT molecular complexity index is 1310. The van der Waals surface area contributed by atoms with E-state index in [-0.39, 0.29) is 56.9 Å². The number of hydrogen-bond acceptors (Lipinski definition) is 10. The fraction of sp³-hybridized carbons (Fsp3) is 0.519. The number of aliphatic hydroxyl groups excluding tert-OH is 1. The Morgan fingerprint density at radius 3 is 2.48 bits per heavy atom. The molecule has 1 saturated carbocycles. The second-order valence-corrected chi connectivity index (χ2v) is 12.2. The van der Waals surface area contributed by atoms with Gasteiger partial charge in [-0.2, -0.15) is 0 Å². The summed E-state index contributed by atoms with van der Waals surface area (Å²) in [4.78, 5) is 63.5. The van der Waals surface area contributed by atoms with E-state index in [4.69, 9.17) is 9.63 Å². The zero-order valence-corrected chi connectivity index (χ0v) is 24.2. The van der Waals surface area contributed by atoms with E-state index in [0.717, 1.165) is 6.42 Å². The van der Waals surface area contributed by atoms with Gasteiger partial charge in [0.2, 0.25) is 5.91 Å². The van der Waals surface area contributed by atoms with Gasteiger partial charge in [0.15, 0.2) is 5.82 Å². The van der Waals surface area contributed by atoms with Crippen LogP contribution in [0.5, 0.6) is 0 Å². The number of amides is 2. The van der Waals surface area contributed by atoms with Crippen molar-refractivity contribution >= 4 is 25.6 Å². The van der Waals surface area contributed by atoms with Gasteiger partial charge in [0.1, 0.15) is 11.7 Å². The Morgan fingerprint density at radius 2 is 1.86 bits per heavy atom. The lowest BCUT2D eigenvalue weighted by atomic mass is 10.1. The van der Waals surface area contributed by atoms with Crippen LogP contribution in [0.1, 0.15) is 48.3 Å². The number of nitrogens with zero attached hydrogens (tertiary/aromatic N) is 4. The zero-order chi connectivity index (χ0) is 30.3. The van der Waals surface area contributed by atoms with Crippen LogP contribution in [0.15, 0.2) is 36.4 Å². The van der Waals surface area contributed by atoms with Crippen LogP contribution in [0.25, 0.3) is 11.4 Å². The molecule has 2 fully saturated rings. The van der Waals surface area contributed by atoms with E-state index in [0.29, 0.717) is 29.9 Å². The van der Waals surface area contributed by atoms with Crippen LogP contribution in [0, 0.1) is 5.92 Å². The van der Waals surface area contributed by atoms with E-state index in [1.807, 2.05) is 25.1 Å². The maximum atomic E-state index is 13.6. The van der Waals surface area contributed by atoms with Crippen LogP contribution in [0.3, 0.4) is 0 Å². The Labute approximate surface area is 243 Å². The molecule has 1 aromatic carbocycles. The maximum Gasteiger partial charge on any atom is 0.525 e. The summed E-state index contributed by atoms with van der Waals surface area (Å²) in [5, 5.41) is 22.2. The summed E-state index contributed by atoms with van der Waals surface area (Å²) in [5.74, 6) is -1.07. The Balaban J connectivity index is 1.57. The number of carboxylic acid groups (broad SMARTS) is 1. The number of aliphatic hydroxyl groups is 1. The average molecular weight is 606 g/mol. The van der Waals surface area contributed by atoms with Crippen LogP contribution >= 0.6 is 7.60 Å². The lowest BCUT2D eigenvalue weighted by Gasteiger charge is -2.35. The maximum absolute atomic E-state index is 13.6. The SMILES string of the molecule is CCCCOP(=O)(O)C[C@H](NC(=O)c1cc([C@H]2C[C@@H]2CO)nc(-c2ccccc2)n1)C(=O)N1CCN(OC(=O)O)CC1. The van der Waals surface area contributed by atoms with E-state index in [9.17, 15) is 28.9 Å². The normalized spacial score (nSPS) is 20.8. The lowest BCUT2D eigenvalue weighted by Crippen LogP contribution is -2.56. The Morgan fingerprint density at radius 1 is 1.14 bits per heavy atom. The molecule has 4 atom stereocenters. The monoisotopic (exact) mass is 605 g/mol. The fourth-order valence-corrected chi connectivity index (χ4v) is 5.91. The van der Waals surface area contributed by atoms with Crippen molar-refractivity contribution in [2.75, 3.05) is 45.6 Å². The predicted octanol–water partition coefficient (Wildman–Crippen LogP) is 2.09. The number of aromatic nitrogens is 2. The average Bonchev–Trinajstić information content (AvgIpc) is 3.77. The molecule has 0 radical (unpaired) electrons. The number of nitrogens with one attached hydrogen (secondary N) is 1. The van der Waals surface area contributed by atoms with Gasteiger partial charge in [0.05, 0.1) is 25.9 Å². The number of unbranched alkanes of at least 4 members (excludes halogenated alkanes) is 1. The minimum absolute atomic E-state index is 0.0119. The van der Waals surface area contributed by atoms with Gasteiger partial charge in [-0.15, -0.1) is 5.06 Å². The van der Waals surface area contributed by atoms with Crippen molar-refractivity contribution in [2.24, 2.45) is 5.92 Å². The highest BCUT2D eigenvalue weighted by molar-refractivity contribution is 7.52. The van der Waals surface area contributed by atoms with Gasteiger partial charge in [-0.25, -0.2) is 14.8 Å². The molecule has 42 heavy (non-hydrogen) atoms. The van der Waals surface area contributed by atoms with Gasteiger partial charge in [0, 0.05) is 36.9 Å². The van der Waals surface area contributed by atoms with Gasteiger partial charge in [-0.05, 0) is 24.8 Å². The largest absolute Gasteiger partial charge is 0.525 e. The van der Waals surface area contributed by atoms with E-state index in [1.54, 1.807) is 12.1 Å². The van der Waals surface area contributed by atoms with Crippen molar-refractivity contribution in [3.8, 4) is 11.4 Å². The number of piperazine rings is 1. The van der Waals surface area contributed by atoms with Crippen molar-refractivity contribution in [3.63, 3.8) is 0 Å². The molecule has 4 rings (SSSR count). The summed E-state index contributed by atoms with van der Waals surface area (Å²) in [6.45, 7) is 2.23. The van der Waals surface area contributed by atoms with Gasteiger partial charge >= 0.3 is 13.8 Å². The molecule has 2 aromatic rings. The minimum Gasteiger partial charge on any atom is -0.448 e. The molecule has 0 bridgehead atoms. The topological polar surface area (TPSA) is 192 Å². The van der Waals surface area contributed by atoms with Gasteiger partial charge in [0.25, 0.3) is 5.91 Å². The first kappa shape index (κ1) is 31.5. The number of carbonyl (C=O) groups excluding carboxylic acids is 2. The molecule has 1 aliphatic carbocycles. The highest BCUT2D eigenvalue weighted by Crippen LogP contribution is 2.46. The Hall–Kier alpha value is -3.42. The summed E-state index contributed by atoms with van der Waals surface area (Å²) in [6.07, 6.45) is -0.139. The summed E-state index contributed by atoms with van der Waals surface area (Å²) in [5.41, 5.74) is 1.23. The summed E-state index contributed by atoms with van der Waals surface area (Å²) >= 11 is 0. The van der Waals surface area contributed by atoms with Gasteiger partial charge in [-0.3, -0.25) is 14.2 Å². The van der Waals surface area contributed by atoms with Crippen molar-refractivity contribution in [2.45, 2.75) is 38.1 Å². The second-order valence-electron chi connectivity index (χ2n) is 10.3. The van der Waals surface area contributed by atoms with E-state index in [1.165, 1.54) is 16.0 Å².